The van der Waals surface area contributed by atoms with Crippen LogP contribution in [0.1, 0.15) is 28.8 Å². The van der Waals surface area contributed by atoms with Gasteiger partial charge in [0.25, 0.3) is 5.56 Å². The van der Waals surface area contributed by atoms with Crippen molar-refractivity contribution in [1.29, 1.82) is 0 Å². The average molecular weight is 418 g/mol. The third-order valence-electron chi connectivity index (χ3n) is 4.53. The molecular weight excluding hydrogens is 394 g/mol. The molecule has 1 unspecified atom stereocenters. The molecule has 0 spiro atoms. The first-order chi connectivity index (χ1) is 13.4. The Morgan fingerprint density at radius 1 is 1.39 bits per heavy atom. The highest BCUT2D eigenvalue weighted by molar-refractivity contribution is 7.99. The molecule has 1 amide bonds. The largest absolute Gasteiger partial charge is 0.497 e. The average Bonchev–Trinajstić information content (AvgIpc) is 2.98. The molecule has 0 saturated heterocycles. The van der Waals surface area contributed by atoms with Gasteiger partial charge >= 0.3 is 0 Å². The van der Waals surface area contributed by atoms with Crippen LogP contribution in [0.2, 0.25) is 0 Å². The third-order valence-corrected chi connectivity index (χ3v) is 6.78. The Kier molecular flexibility index (Phi) is 6.41. The van der Waals surface area contributed by atoms with E-state index in [0.29, 0.717) is 23.5 Å². The molecule has 1 atom stereocenters. The zero-order valence-corrected chi connectivity index (χ0v) is 17.9. The van der Waals surface area contributed by atoms with Crippen molar-refractivity contribution >= 4 is 39.2 Å². The number of nitrogens with one attached hydrogen (secondary N) is 2. The maximum absolute atomic E-state index is 12.4. The summed E-state index contributed by atoms with van der Waals surface area (Å²) in [5.74, 6) is 1.77. The van der Waals surface area contributed by atoms with Crippen molar-refractivity contribution in [3.8, 4) is 5.75 Å². The van der Waals surface area contributed by atoms with Gasteiger partial charge in [0.05, 0.1) is 23.5 Å². The van der Waals surface area contributed by atoms with E-state index >= 15 is 0 Å². The fraction of sp³-hybridized carbons (Fsp3) is 0.350. The SMILES string of the molecule is COc1cccc(CNC(=O)C(C)SCc2nc3sc(C)c(C)c3c(=O)[nH]2)c1. The van der Waals surface area contributed by atoms with Crippen molar-refractivity contribution < 1.29 is 9.53 Å². The maximum Gasteiger partial charge on any atom is 0.259 e. The minimum Gasteiger partial charge on any atom is -0.497 e. The summed E-state index contributed by atoms with van der Waals surface area (Å²) in [5, 5.41) is 3.33. The number of methoxy groups -OCH3 is 1. The summed E-state index contributed by atoms with van der Waals surface area (Å²) in [5.41, 5.74) is 1.85. The van der Waals surface area contributed by atoms with Crippen molar-refractivity contribution in [2.75, 3.05) is 7.11 Å². The van der Waals surface area contributed by atoms with Gasteiger partial charge in [-0.05, 0) is 44.0 Å². The smallest absolute Gasteiger partial charge is 0.259 e. The standard InChI is InChI=1S/C20H23N3O3S2/c1-11-12(2)28-20-17(11)19(25)22-16(23-20)10-27-13(3)18(24)21-9-14-6-5-7-15(8-14)26-4/h5-8,13H,9-10H2,1-4H3,(H,21,24)(H,22,23,25). The van der Waals surface area contributed by atoms with E-state index in [1.54, 1.807) is 7.11 Å². The van der Waals surface area contributed by atoms with Crippen LogP contribution in [0, 0.1) is 13.8 Å². The van der Waals surface area contributed by atoms with Gasteiger partial charge in [0.2, 0.25) is 5.91 Å². The number of fused-ring (bicyclic) bond motifs is 1. The minimum atomic E-state index is -0.265. The van der Waals surface area contributed by atoms with E-state index in [4.69, 9.17) is 4.74 Å². The van der Waals surface area contributed by atoms with Crippen LogP contribution in [-0.2, 0) is 17.1 Å². The second kappa shape index (κ2) is 8.79. The van der Waals surface area contributed by atoms with Gasteiger partial charge in [-0.15, -0.1) is 23.1 Å². The van der Waals surface area contributed by atoms with E-state index in [9.17, 15) is 9.59 Å². The lowest BCUT2D eigenvalue weighted by molar-refractivity contribution is -0.120. The quantitative estimate of drug-likeness (QED) is 0.614. The summed E-state index contributed by atoms with van der Waals surface area (Å²) < 4.78 is 5.19. The van der Waals surface area contributed by atoms with Crippen LogP contribution in [0.5, 0.6) is 5.75 Å². The first-order valence-electron chi connectivity index (χ1n) is 8.90. The van der Waals surface area contributed by atoms with Gasteiger partial charge in [0.15, 0.2) is 0 Å². The Balaban J connectivity index is 1.58. The number of aromatic amines is 1. The van der Waals surface area contributed by atoms with Gasteiger partial charge in [0.1, 0.15) is 16.4 Å². The topological polar surface area (TPSA) is 84.1 Å². The summed E-state index contributed by atoms with van der Waals surface area (Å²) in [7, 11) is 1.62. The fourth-order valence-corrected chi connectivity index (χ4v) is 4.59. The number of hydrogen-bond acceptors (Lipinski definition) is 6. The lowest BCUT2D eigenvalue weighted by Crippen LogP contribution is -2.30. The minimum absolute atomic E-state index is 0.0564. The molecule has 0 bridgehead atoms. The fourth-order valence-electron chi connectivity index (χ4n) is 2.76. The number of nitrogens with zero attached hydrogens (tertiary/aromatic N) is 1. The number of rotatable bonds is 7. The van der Waals surface area contributed by atoms with Crippen LogP contribution in [0.15, 0.2) is 29.1 Å². The zero-order valence-electron chi connectivity index (χ0n) is 16.3. The van der Waals surface area contributed by atoms with E-state index in [-0.39, 0.29) is 16.7 Å². The molecule has 28 heavy (non-hydrogen) atoms. The van der Waals surface area contributed by atoms with Gasteiger partial charge in [0, 0.05) is 11.4 Å². The van der Waals surface area contributed by atoms with Crippen LogP contribution >= 0.6 is 23.1 Å². The van der Waals surface area contributed by atoms with E-state index in [0.717, 1.165) is 26.6 Å². The van der Waals surface area contributed by atoms with Gasteiger partial charge < -0.3 is 15.0 Å². The number of amides is 1. The molecule has 0 radical (unpaired) electrons. The number of ether oxygens (including phenoxy) is 1. The molecule has 0 fully saturated rings. The molecule has 3 rings (SSSR count). The number of aryl methyl sites for hydroxylation is 2. The molecule has 0 aliphatic heterocycles. The number of benzene rings is 1. The van der Waals surface area contributed by atoms with Crippen molar-refractivity contribution in [3.63, 3.8) is 0 Å². The molecule has 0 saturated carbocycles. The number of thioether (sulfide) groups is 1. The Bertz CT molecular complexity index is 1060. The molecule has 8 heteroatoms. The predicted octanol–water partition coefficient (Wildman–Crippen LogP) is 3.55. The number of carbonyl (C=O) groups is 1. The molecule has 0 aliphatic rings. The van der Waals surface area contributed by atoms with E-state index in [2.05, 4.69) is 15.3 Å². The third kappa shape index (κ3) is 4.56. The Morgan fingerprint density at radius 2 is 2.18 bits per heavy atom. The van der Waals surface area contributed by atoms with E-state index in [1.807, 2.05) is 45.0 Å². The molecule has 3 aromatic rings. The highest BCUT2D eigenvalue weighted by Gasteiger charge is 2.16. The van der Waals surface area contributed by atoms with Crippen molar-refractivity contribution in [2.24, 2.45) is 0 Å². The second-order valence-electron chi connectivity index (χ2n) is 6.50. The number of carbonyl (C=O) groups excluding carboxylic acids is 1. The molecule has 0 aliphatic carbocycles. The molecular formula is C20H23N3O3S2. The van der Waals surface area contributed by atoms with Gasteiger partial charge in [-0.25, -0.2) is 4.98 Å². The lowest BCUT2D eigenvalue weighted by atomic mass is 10.2. The summed E-state index contributed by atoms with van der Waals surface area (Å²) in [6, 6.07) is 7.60. The number of H-pyrrole nitrogens is 1. The molecule has 148 valence electrons. The number of aromatic nitrogens is 2. The number of hydrogen-bond donors (Lipinski definition) is 2. The Morgan fingerprint density at radius 3 is 2.93 bits per heavy atom. The molecule has 2 heterocycles. The molecule has 1 aromatic carbocycles. The van der Waals surface area contributed by atoms with Gasteiger partial charge in [-0.1, -0.05) is 12.1 Å². The van der Waals surface area contributed by atoms with Gasteiger partial charge in [-0.3, -0.25) is 9.59 Å². The zero-order chi connectivity index (χ0) is 20.3. The molecule has 2 N–H and O–H groups in total. The normalized spacial score (nSPS) is 12.1. The number of thiophene rings is 1. The summed E-state index contributed by atoms with van der Waals surface area (Å²) in [4.78, 5) is 34.0. The summed E-state index contributed by atoms with van der Waals surface area (Å²) in [6.45, 7) is 6.22. The maximum atomic E-state index is 12.4. The molecule has 6 nitrogen and oxygen atoms in total. The highest BCUT2D eigenvalue weighted by Crippen LogP contribution is 2.26. The van der Waals surface area contributed by atoms with E-state index in [1.165, 1.54) is 23.1 Å². The van der Waals surface area contributed by atoms with Crippen molar-refractivity contribution in [2.45, 2.75) is 38.3 Å². The van der Waals surface area contributed by atoms with Crippen LogP contribution in [0.3, 0.4) is 0 Å². The Labute approximate surface area is 171 Å². The van der Waals surface area contributed by atoms with Crippen LogP contribution in [-0.4, -0.2) is 28.2 Å². The monoisotopic (exact) mass is 417 g/mol. The highest BCUT2D eigenvalue weighted by atomic mass is 32.2. The van der Waals surface area contributed by atoms with E-state index < -0.39 is 0 Å². The first-order valence-corrected chi connectivity index (χ1v) is 10.8. The van der Waals surface area contributed by atoms with Crippen LogP contribution in [0.25, 0.3) is 10.2 Å². The predicted molar refractivity (Wildman–Crippen MR) is 115 cm³/mol. The summed E-state index contributed by atoms with van der Waals surface area (Å²) >= 11 is 2.97. The molecule has 2 aromatic heterocycles. The van der Waals surface area contributed by atoms with Crippen molar-refractivity contribution in [3.05, 3.63) is 56.4 Å². The Hall–Kier alpha value is -2.32. The second-order valence-corrected chi connectivity index (χ2v) is 9.03. The summed E-state index contributed by atoms with van der Waals surface area (Å²) in [6.07, 6.45) is 0. The van der Waals surface area contributed by atoms with Crippen LogP contribution in [0.4, 0.5) is 0 Å². The van der Waals surface area contributed by atoms with Gasteiger partial charge in [-0.2, -0.15) is 0 Å². The van der Waals surface area contributed by atoms with Crippen LogP contribution < -0.4 is 15.6 Å². The lowest BCUT2D eigenvalue weighted by Gasteiger charge is -2.12. The van der Waals surface area contributed by atoms with Crippen molar-refractivity contribution in [1.82, 2.24) is 15.3 Å². The first kappa shape index (κ1) is 20.4.